The van der Waals surface area contributed by atoms with E-state index in [1.807, 2.05) is 0 Å². The minimum atomic E-state index is -0.605. The van der Waals surface area contributed by atoms with Crippen LogP contribution in [0.3, 0.4) is 0 Å². The molecule has 0 fully saturated rings. The maximum Gasteiger partial charge on any atom is 0.279 e. The first-order valence-corrected chi connectivity index (χ1v) is 6.41. The molecule has 98 valence electrons. The average molecular weight is 289 g/mol. The van der Waals surface area contributed by atoms with Gasteiger partial charge in [-0.3, -0.25) is 10.2 Å². The first-order chi connectivity index (χ1) is 8.36. The number of anilines is 2. The van der Waals surface area contributed by atoms with E-state index in [1.54, 1.807) is 25.3 Å². The zero-order valence-electron chi connectivity index (χ0n) is 10.1. The molecule has 0 spiro atoms. The second kappa shape index (κ2) is 5.87. The van der Waals surface area contributed by atoms with Gasteiger partial charge in [0, 0.05) is 14.1 Å². The van der Waals surface area contributed by atoms with E-state index in [0.29, 0.717) is 5.82 Å². The Bertz CT molecular complexity index is 492. The van der Waals surface area contributed by atoms with Crippen LogP contribution in [0.15, 0.2) is 0 Å². The summed E-state index contributed by atoms with van der Waals surface area (Å²) in [6, 6.07) is 0. The molecule has 1 rings (SSSR count). The summed E-state index contributed by atoms with van der Waals surface area (Å²) in [5.74, 6) is -0.258. The van der Waals surface area contributed by atoms with Crippen molar-refractivity contribution in [1.29, 1.82) is 5.41 Å². The fourth-order valence-electron chi connectivity index (χ4n) is 1.08. The number of halogens is 1. The molecule has 0 saturated carbocycles. The Morgan fingerprint density at radius 1 is 1.50 bits per heavy atom. The number of amides is 1. The summed E-state index contributed by atoms with van der Waals surface area (Å²) >= 11 is 6.99. The molecule has 0 unspecified atom stereocenters. The Morgan fingerprint density at radius 3 is 2.61 bits per heavy atom. The molecule has 1 aromatic rings. The van der Waals surface area contributed by atoms with E-state index in [4.69, 9.17) is 22.7 Å². The van der Waals surface area contributed by atoms with Crippen LogP contribution >= 0.6 is 23.4 Å². The van der Waals surface area contributed by atoms with Gasteiger partial charge >= 0.3 is 0 Å². The van der Waals surface area contributed by atoms with Gasteiger partial charge in [-0.1, -0.05) is 23.4 Å². The van der Waals surface area contributed by atoms with Crippen LogP contribution in [0.4, 0.5) is 11.6 Å². The van der Waals surface area contributed by atoms with Gasteiger partial charge in [0.15, 0.2) is 27.7 Å². The molecule has 0 aliphatic rings. The highest BCUT2D eigenvalue weighted by atomic mass is 35.5. The van der Waals surface area contributed by atoms with Gasteiger partial charge in [0.1, 0.15) is 0 Å². The van der Waals surface area contributed by atoms with Crippen LogP contribution in [-0.4, -0.2) is 41.4 Å². The van der Waals surface area contributed by atoms with Crippen molar-refractivity contribution in [1.82, 2.24) is 15.3 Å². The number of aromatic nitrogens is 2. The number of nitrogens with one attached hydrogen (secondary N) is 2. The number of nitrogen functional groups attached to an aromatic ring is 1. The number of thioether (sulfide) groups is 1. The van der Waals surface area contributed by atoms with Crippen molar-refractivity contribution in [2.45, 2.75) is 0 Å². The number of hydrogen-bond acceptors (Lipinski definition) is 7. The van der Waals surface area contributed by atoms with Crippen LogP contribution in [0.2, 0.25) is 5.15 Å². The third-order valence-electron chi connectivity index (χ3n) is 1.93. The molecule has 0 aliphatic heterocycles. The monoisotopic (exact) mass is 288 g/mol. The molecule has 9 heteroatoms. The van der Waals surface area contributed by atoms with Gasteiger partial charge in [0.25, 0.3) is 5.91 Å². The van der Waals surface area contributed by atoms with Crippen molar-refractivity contribution in [2.75, 3.05) is 31.0 Å². The lowest BCUT2D eigenvalue weighted by Gasteiger charge is -2.14. The summed E-state index contributed by atoms with van der Waals surface area (Å²) < 4.78 is 0. The highest BCUT2D eigenvalue weighted by molar-refractivity contribution is 8.13. The number of nitrogens with zero attached hydrogens (tertiary/aromatic N) is 3. The molecule has 0 saturated heterocycles. The van der Waals surface area contributed by atoms with E-state index in [-0.39, 0.29) is 21.8 Å². The lowest BCUT2D eigenvalue weighted by Crippen LogP contribution is -2.29. The van der Waals surface area contributed by atoms with E-state index in [9.17, 15) is 4.79 Å². The Kier molecular flexibility index (Phi) is 4.74. The first kappa shape index (κ1) is 14.5. The third kappa shape index (κ3) is 3.23. The summed E-state index contributed by atoms with van der Waals surface area (Å²) in [4.78, 5) is 21.3. The zero-order valence-corrected chi connectivity index (χ0v) is 11.7. The van der Waals surface area contributed by atoms with Crippen molar-refractivity contribution in [3.05, 3.63) is 10.8 Å². The Hall–Kier alpha value is -1.54. The van der Waals surface area contributed by atoms with Gasteiger partial charge < -0.3 is 16.0 Å². The number of hydrogen-bond donors (Lipinski definition) is 3. The highest BCUT2D eigenvalue weighted by Gasteiger charge is 2.18. The molecule has 18 heavy (non-hydrogen) atoms. The molecule has 1 heterocycles. The number of carbonyl (C=O) groups is 1. The van der Waals surface area contributed by atoms with E-state index >= 15 is 0 Å². The smallest absolute Gasteiger partial charge is 0.279 e. The van der Waals surface area contributed by atoms with Crippen LogP contribution in [0.1, 0.15) is 10.5 Å². The fraction of sp³-hybridized carbons (Fsp3) is 0.333. The zero-order chi connectivity index (χ0) is 13.9. The van der Waals surface area contributed by atoms with Crippen LogP contribution in [0, 0.1) is 5.41 Å². The number of nitrogens with two attached hydrogens (primary N) is 1. The van der Waals surface area contributed by atoms with Gasteiger partial charge in [0.2, 0.25) is 0 Å². The SMILES string of the molecule is CSC(=N)NC(=O)c1nc(Cl)c(N(C)C)nc1N. The van der Waals surface area contributed by atoms with Crippen molar-refractivity contribution < 1.29 is 4.79 Å². The molecule has 0 aromatic carbocycles. The van der Waals surface area contributed by atoms with Crippen molar-refractivity contribution in [3.63, 3.8) is 0 Å². The second-order valence-electron chi connectivity index (χ2n) is 3.45. The predicted octanol–water partition coefficient (Wildman–Crippen LogP) is 0.806. The molecular formula is C9H13ClN6OS. The molecule has 0 aliphatic carbocycles. The molecule has 4 N–H and O–H groups in total. The van der Waals surface area contributed by atoms with Crippen molar-refractivity contribution in [2.24, 2.45) is 0 Å². The molecule has 0 bridgehead atoms. The maximum atomic E-state index is 11.7. The van der Waals surface area contributed by atoms with Gasteiger partial charge in [-0.05, 0) is 6.26 Å². The van der Waals surface area contributed by atoms with Crippen LogP contribution in [0.25, 0.3) is 0 Å². The Balaban J connectivity index is 3.08. The normalized spacial score (nSPS) is 10.0. The van der Waals surface area contributed by atoms with Crippen LogP contribution in [-0.2, 0) is 0 Å². The summed E-state index contributed by atoms with van der Waals surface area (Å²) in [5, 5.41) is 9.74. The van der Waals surface area contributed by atoms with Gasteiger partial charge in [-0.2, -0.15) is 0 Å². The third-order valence-corrected chi connectivity index (χ3v) is 2.70. The lowest BCUT2D eigenvalue weighted by molar-refractivity contribution is 0.0973. The van der Waals surface area contributed by atoms with E-state index in [1.165, 1.54) is 0 Å². The van der Waals surface area contributed by atoms with Gasteiger partial charge in [-0.15, -0.1) is 0 Å². The van der Waals surface area contributed by atoms with Gasteiger partial charge in [0.05, 0.1) is 0 Å². The summed E-state index contributed by atoms with van der Waals surface area (Å²) in [7, 11) is 3.47. The number of amidine groups is 1. The highest BCUT2D eigenvalue weighted by Crippen LogP contribution is 2.22. The predicted molar refractivity (Wildman–Crippen MR) is 74.5 cm³/mol. The standard InChI is InChI=1S/C9H13ClN6OS/c1-16(2)7-5(10)13-4(6(11)14-7)8(17)15-9(12)18-3/h1-3H3,(H2,11,14)(H2,12,15,17). The van der Waals surface area contributed by atoms with E-state index in [0.717, 1.165) is 11.8 Å². The van der Waals surface area contributed by atoms with Crippen LogP contribution in [0.5, 0.6) is 0 Å². The fourth-order valence-corrected chi connectivity index (χ4v) is 1.57. The molecule has 0 atom stereocenters. The van der Waals surface area contributed by atoms with E-state index in [2.05, 4.69) is 15.3 Å². The second-order valence-corrected chi connectivity index (χ2v) is 4.63. The van der Waals surface area contributed by atoms with Crippen molar-refractivity contribution >= 4 is 46.1 Å². The summed E-state index contributed by atoms with van der Waals surface area (Å²) in [6.45, 7) is 0. The minimum Gasteiger partial charge on any atom is -0.382 e. The van der Waals surface area contributed by atoms with Gasteiger partial charge in [-0.25, -0.2) is 9.97 Å². The molecular weight excluding hydrogens is 276 g/mol. The molecule has 0 radical (unpaired) electrons. The number of carbonyl (C=O) groups excluding carboxylic acids is 1. The largest absolute Gasteiger partial charge is 0.382 e. The Morgan fingerprint density at radius 2 is 2.11 bits per heavy atom. The first-order valence-electron chi connectivity index (χ1n) is 4.81. The molecule has 1 aromatic heterocycles. The minimum absolute atomic E-state index is 0.00555. The number of rotatable bonds is 2. The molecule has 7 nitrogen and oxygen atoms in total. The molecule has 1 amide bonds. The Labute approximate surface area is 114 Å². The average Bonchev–Trinajstić information content (AvgIpc) is 2.30. The quantitative estimate of drug-likeness (QED) is 0.549. The summed E-state index contributed by atoms with van der Waals surface area (Å²) in [6.07, 6.45) is 1.67. The maximum absolute atomic E-state index is 11.7. The summed E-state index contributed by atoms with van der Waals surface area (Å²) in [5.41, 5.74) is 5.56. The van der Waals surface area contributed by atoms with E-state index < -0.39 is 5.91 Å². The van der Waals surface area contributed by atoms with Crippen molar-refractivity contribution in [3.8, 4) is 0 Å². The topological polar surface area (TPSA) is 108 Å². The lowest BCUT2D eigenvalue weighted by atomic mass is 10.4. The van der Waals surface area contributed by atoms with Crippen LogP contribution < -0.4 is 16.0 Å².